The molecule has 1 atom stereocenters. The second kappa shape index (κ2) is 8.83. The molecule has 0 aromatic carbocycles. The van der Waals surface area contributed by atoms with Crippen molar-refractivity contribution in [3.05, 3.63) is 17.0 Å². The van der Waals surface area contributed by atoms with Crippen molar-refractivity contribution in [2.24, 2.45) is 11.8 Å². The largest absolute Gasteiger partial charge is 0.365 e. The van der Waals surface area contributed by atoms with E-state index in [1.807, 2.05) is 4.90 Å². The van der Waals surface area contributed by atoms with Crippen molar-refractivity contribution < 1.29 is 18.8 Å². The lowest BCUT2D eigenvalue weighted by Gasteiger charge is -2.38. The monoisotopic (exact) mass is 404 g/mol. The zero-order valence-electron chi connectivity index (χ0n) is 17.5. The van der Waals surface area contributed by atoms with Crippen molar-refractivity contribution in [2.45, 2.75) is 45.6 Å². The number of aryl methyl sites for hydroxylation is 2. The summed E-state index contributed by atoms with van der Waals surface area (Å²) in [5.74, 6) is 1.85. The minimum Gasteiger partial charge on any atom is -0.365 e. The van der Waals surface area contributed by atoms with Gasteiger partial charge in [0, 0.05) is 26.2 Å². The topological polar surface area (TPSA) is 87.9 Å². The third-order valence-electron chi connectivity index (χ3n) is 6.37. The summed E-state index contributed by atoms with van der Waals surface area (Å²) in [6.07, 6.45) is 4.93. The summed E-state index contributed by atoms with van der Waals surface area (Å²) in [6, 6.07) is 0. The molecular formula is C21H32N4O4. The molecule has 2 aliphatic heterocycles. The third-order valence-corrected chi connectivity index (χ3v) is 6.37. The van der Waals surface area contributed by atoms with Crippen LogP contribution >= 0.6 is 0 Å². The highest BCUT2D eigenvalue weighted by molar-refractivity contribution is 5.96. The summed E-state index contributed by atoms with van der Waals surface area (Å²) in [5, 5.41) is 6.72. The number of piperidine rings is 1. The number of hydrogen-bond donors (Lipinski definition) is 1. The first-order valence-corrected chi connectivity index (χ1v) is 10.8. The van der Waals surface area contributed by atoms with Crippen molar-refractivity contribution in [3.8, 4) is 0 Å². The Labute approximate surface area is 171 Å². The van der Waals surface area contributed by atoms with E-state index < -0.39 is 0 Å². The molecule has 3 aliphatic rings. The Balaban J connectivity index is 1.23. The van der Waals surface area contributed by atoms with Gasteiger partial charge in [0.15, 0.2) is 0 Å². The van der Waals surface area contributed by atoms with Crippen molar-refractivity contribution in [1.29, 1.82) is 0 Å². The summed E-state index contributed by atoms with van der Waals surface area (Å²) in [5.41, 5.74) is 1.06. The van der Waals surface area contributed by atoms with Crippen LogP contribution in [0.15, 0.2) is 4.52 Å². The van der Waals surface area contributed by atoms with E-state index >= 15 is 0 Å². The van der Waals surface area contributed by atoms with Crippen LogP contribution in [-0.2, 0) is 9.53 Å². The highest BCUT2D eigenvalue weighted by atomic mass is 16.5. The molecule has 3 heterocycles. The van der Waals surface area contributed by atoms with E-state index in [2.05, 4.69) is 15.4 Å². The van der Waals surface area contributed by atoms with Gasteiger partial charge in [0.1, 0.15) is 17.9 Å². The van der Waals surface area contributed by atoms with Gasteiger partial charge in [-0.1, -0.05) is 5.16 Å². The zero-order chi connectivity index (χ0) is 20.4. The minimum atomic E-state index is -0.212. The predicted molar refractivity (Wildman–Crippen MR) is 107 cm³/mol. The van der Waals surface area contributed by atoms with Crippen LogP contribution < -0.4 is 5.32 Å². The van der Waals surface area contributed by atoms with Crippen LogP contribution in [0.25, 0.3) is 0 Å². The van der Waals surface area contributed by atoms with Crippen LogP contribution in [0.4, 0.5) is 0 Å². The number of nitrogens with one attached hydrogen (secondary N) is 1. The van der Waals surface area contributed by atoms with Crippen molar-refractivity contribution in [1.82, 2.24) is 20.3 Å². The van der Waals surface area contributed by atoms with Crippen LogP contribution in [0.5, 0.6) is 0 Å². The molecule has 1 aromatic rings. The maximum Gasteiger partial charge on any atom is 0.256 e. The minimum absolute atomic E-state index is 0.0544. The van der Waals surface area contributed by atoms with Gasteiger partial charge in [-0.2, -0.15) is 0 Å². The molecule has 0 bridgehead atoms. The number of hydrogen-bond acceptors (Lipinski definition) is 6. The maximum atomic E-state index is 12.4. The summed E-state index contributed by atoms with van der Waals surface area (Å²) >= 11 is 0. The Kier molecular flexibility index (Phi) is 6.20. The Morgan fingerprint density at radius 3 is 2.52 bits per heavy atom. The van der Waals surface area contributed by atoms with Gasteiger partial charge in [0.05, 0.1) is 11.8 Å². The quantitative estimate of drug-likeness (QED) is 0.739. The SMILES string of the molecule is Cc1noc(C)c1C(=O)NC[C@@H]1CN(CC2CCN(CC3CC3)CC2)C(=O)CO1. The molecule has 1 N–H and O–H groups in total. The van der Waals surface area contributed by atoms with Gasteiger partial charge in [-0.25, -0.2) is 0 Å². The van der Waals surface area contributed by atoms with Crippen LogP contribution in [0, 0.1) is 25.7 Å². The number of carbonyl (C=O) groups excluding carboxylic acids is 2. The van der Waals surface area contributed by atoms with Gasteiger partial charge < -0.3 is 24.4 Å². The number of nitrogens with zero attached hydrogens (tertiary/aromatic N) is 3. The molecule has 1 aliphatic carbocycles. The lowest BCUT2D eigenvalue weighted by atomic mass is 9.95. The van der Waals surface area contributed by atoms with E-state index in [1.54, 1.807) is 13.8 Å². The zero-order valence-corrected chi connectivity index (χ0v) is 17.5. The molecule has 1 aromatic heterocycles. The van der Waals surface area contributed by atoms with Crippen molar-refractivity contribution >= 4 is 11.8 Å². The lowest BCUT2D eigenvalue weighted by Crippen LogP contribution is -2.52. The third kappa shape index (κ3) is 5.17. The van der Waals surface area contributed by atoms with Crippen LogP contribution in [0.3, 0.4) is 0 Å². The Morgan fingerprint density at radius 2 is 1.86 bits per heavy atom. The number of likely N-dealkylation sites (tertiary alicyclic amines) is 1. The van der Waals surface area contributed by atoms with E-state index in [0.717, 1.165) is 38.4 Å². The number of morpholine rings is 1. The van der Waals surface area contributed by atoms with Gasteiger partial charge >= 0.3 is 0 Å². The number of amides is 2. The van der Waals surface area contributed by atoms with E-state index in [1.165, 1.54) is 19.4 Å². The number of aromatic nitrogens is 1. The normalized spacial score (nSPS) is 24.1. The van der Waals surface area contributed by atoms with Crippen molar-refractivity contribution in [3.63, 3.8) is 0 Å². The van der Waals surface area contributed by atoms with Gasteiger partial charge in [-0.05, 0) is 64.5 Å². The molecule has 8 heteroatoms. The average molecular weight is 405 g/mol. The highest BCUT2D eigenvalue weighted by Gasteiger charge is 2.31. The first-order chi connectivity index (χ1) is 14.0. The average Bonchev–Trinajstić information content (AvgIpc) is 3.46. The lowest BCUT2D eigenvalue weighted by molar-refractivity contribution is -0.149. The second-order valence-electron chi connectivity index (χ2n) is 8.83. The molecule has 2 amide bonds. The predicted octanol–water partition coefficient (Wildman–Crippen LogP) is 1.37. The summed E-state index contributed by atoms with van der Waals surface area (Å²) < 4.78 is 10.7. The molecule has 0 spiro atoms. The second-order valence-corrected chi connectivity index (χ2v) is 8.83. The van der Waals surface area contributed by atoms with Gasteiger partial charge in [-0.15, -0.1) is 0 Å². The van der Waals surface area contributed by atoms with Gasteiger partial charge in [-0.3, -0.25) is 9.59 Å². The first kappa shape index (κ1) is 20.3. The fraction of sp³-hybridized carbons (Fsp3) is 0.762. The molecule has 0 radical (unpaired) electrons. The Morgan fingerprint density at radius 1 is 1.14 bits per heavy atom. The highest BCUT2D eigenvalue weighted by Crippen LogP contribution is 2.31. The summed E-state index contributed by atoms with van der Waals surface area (Å²) in [7, 11) is 0. The van der Waals surface area contributed by atoms with Crippen LogP contribution in [-0.4, -0.2) is 78.8 Å². The first-order valence-electron chi connectivity index (χ1n) is 10.8. The molecule has 4 rings (SSSR count). The van der Waals surface area contributed by atoms with E-state index in [4.69, 9.17) is 9.26 Å². The fourth-order valence-corrected chi connectivity index (χ4v) is 4.41. The van der Waals surface area contributed by atoms with E-state index in [9.17, 15) is 9.59 Å². The molecule has 8 nitrogen and oxygen atoms in total. The van der Waals surface area contributed by atoms with Crippen LogP contribution in [0.1, 0.15) is 47.5 Å². The molecule has 1 saturated carbocycles. The molecule has 3 fully saturated rings. The smallest absolute Gasteiger partial charge is 0.256 e. The van der Waals surface area contributed by atoms with Gasteiger partial charge in [0.2, 0.25) is 5.91 Å². The van der Waals surface area contributed by atoms with Gasteiger partial charge in [0.25, 0.3) is 5.91 Å². The van der Waals surface area contributed by atoms with Crippen molar-refractivity contribution in [2.75, 3.05) is 45.9 Å². The number of rotatable bonds is 7. The summed E-state index contributed by atoms with van der Waals surface area (Å²) in [4.78, 5) is 29.3. The summed E-state index contributed by atoms with van der Waals surface area (Å²) in [6.45, 7) is 8.82. The standard InChI is InChI=1S/C21H32N4O4/c1-14-20(15(2)29-23-14)21(27)22-9-18-12-25(19(26)13-28-18)11-17-5-7-24(8-6-17)10-16-3-4-16/h16-18H,3-13H2,1-2H3,(H,22,27)/t18-/m1/s1. The van der Waals surface area contributed by atoms with E-state index in [-0.39, 0.29) is 24.5 Å². The molecule has 0 unspecified atom stereocenters. The molecular weight excluding hydrogens is 372 g/mol. The maximum absolute atomic E-state index is 12.4. The molecule has 2 saturated heterocycles. The Bertz CT molecular complexity index is 718. The fourth-order valence-electron chi connectivity index (χ4n) is 4.41. The van der Waals surface area contributed by atoms with Crippen LogP contribution in [0.2, 0.25) is 0 Å². The van der Waals surface area contributed by atoms with E-state index in [0.29, 0.717) is 36.0 Å². The number of ether oxygens (including phenoxy) is 1. The molecule has 160 valence electrons. The Hall–Kier alpha value is -1.93. The molecule has 29 heavy (non-hydrogen) atoms. The number of carbonyl (C=O) groups is 2.